The molecule has 0 bridgehead atoms. The van der Waals surface area contributed by atoms with E-state index in [2.05, 4.69) is 52.4 Å². The standard InChI is InChI=1S/C19H22N2O/c1-16-15-18(7-8-19(16)22)21-13-11-20(12-14-21)10-9-17-5-3-2-4-6-17/h2-10,15,22H,11-14H2,1H3. The third-order valence-corrected chi connectivity index (χ3v) is 4.14. The highest BCUT2D eigenvalue weighted by Gasteiger charge is 2.15. The van der Waals surface area contributed by atoms with Crippen LogP contribution in [-0.4, -0.2) is 36.2 Å². The average Bonchev–Trinajstić information content (AvgIpc) is 2.57. The smallest absolute Gasteiger partial charge is 0.118 e. The van der Waals surface area contributed by atoms with Crippen LogP contribution in [0.15, 0.2) is 54.7 Å². The molecule has 2 aromatic rings. The van der Waals surface area contributed by atoms with Crippen molar-refractivity contribution in [2.75, 3.05) is 31.1 Å². The first-order valence-corrected chi connectivity index (χ1v) is 7.74. The Balaban J connectivity index is 1.58. The topological polar surface area (TPSA) is 26.7 Å². The van der Waals surface area contributed by atoms with Crippen LogP contribution in [0.3, 0.4) is 0 Å². The largest absolute Gasteiger partial charge is 0.508 e. The fourth-order valence-corrected chi connectivity index (χ4v) is 2.72. The van der Waals surface area contributed by atoms with Crippen LogP contribution >= 0.6 is 0 Å². The Morgan fingerprint density at radius 3 is 2.36 bits per heavy atom. The maximum atomic E-state index is 9.63. The number of aryl methyl sites for hydroxylation is 1. The molecule has 1 heterocycles. The molecule has 0 aromatic heterocycles. The second-order valence-electron chi connectivity index (χ2n) is 5.72. The predicted octanol–water partition coefficient (Wildman–Crippen LogP) is 3.49. The second kappa shape index (κ2) is 6.56. The van der Waals surface area contributed by atoms with E-state index in [0.717, 1.165) is 31.7 Å². The van der Waals surface area contributed by atoms with E-state index in [1.165, 1.54) is 11.3 Å². The van der Waals surface area contributed by atoms with Crippen LogP contribution in [0.2, 0.25) is 0 Å². The Morgan fingerprint density at radius 2 is 1.68 bits per heavy atom. The van der Waals surface area contributed by atoms with Crippen molar-refractivity contribution in [2.45, 2.75) is 6.92 Å². The normalized spacial score (nSPS) is 15.5. The first kappa shape index (κ1) is 14.5. The van der Waals surface area contributed by atoms with E-state index in [0.29, 0.717) is 5.75 Å². The van der Waals surface area contributed by atoms with Crippen molar-refractivity contribution >= 4 is 11.8 Å². The maximum Gasteiger partial charge on any atom is 0.118 e. The Labute approximate surface area is 132 Å². The minimum absolute atomic E-state index is 0.369. The molecule has 1 fully saturated rings. The Morgan fingerprint density at radius 1 is 0.955 bits per heavy atom. The minimum Gasteiger partial charge on any atom is -0.508 e. The van der Waals surface area contributed by atoms with Crippen molar-refractivity contribution in [3.05, 3.63) is 65.9 Å². The summed E-state index contributed by atoms with van der Waals surface area (Å²) in [7, 11) is 0. The summed E-state index contributed by atoms with van der Waals surface area (Å²) in [6.45, 7) is 5.98. The van der Waals surface area contributed by atoms with Crippen LogP contribution in [0.25, 0.3) is 6.08 Å². The third kappa shape index (κ3) is 3.42. The van der Waals surface area contributed by atoms with E-state index in [4.69, 9.17) is 0 Å². The highest BCUT2D eigenvalue weighted by Crippen LogP contribution is 2.24. The number of hydrogen-bond donors (Lipinski definition) is 1. The van der Waals surface area contributed by atoms with Crippen LogP contribution in [0.4, 0.5) is 5.69 Å². The monoisotopic (exact) mass is 294 g/mol. The average molecular weight is 294 g/mol. The van der Waals surface area contributed by atoms with Crippen LogP contribution in [0.1, 0.15) is 11.1 Å². The van der Waals surface area contributed by atoms with Crippen LogP contribution in [-0.2, 0) is 0 Å². The van der Waals surface area contributed by atoms with Crippen LogP contribution < -0.4 is 4.90 Å². The molecule has 1 N–H and O–H groups in total. The summed E-state index contributed by atoms with van der Waals surface area (Å²) in [4.78, 5) is 4.73. The van der Waals surface area contributed by atoms with Gasteiger partial charge in [0.1, 0.15) is 5.75 Å². The van der Waals surface area contributed by atoms with E-state index in [1.807, 2.05) is 19.1 Å². The summed E-state index contributed by atoms with van der Waals surface area (Å²) in [5.74, 6) is 0.369. The molecule has 1 aliphatic rings. The summed E-state index contributed by atoms with van der Waals surface area (Å²) in [5.41, 5.74) is 3.37. The number of benzene rings is 2. The molecule has 0 unspecified atom stereocenters. The molecule has 22 heavy (non-hydrogen) atoms. The summed E-state index contributed by atoms with van der Waals surface area (Å²) < 4.78 is 0. The predicted molar refractivity (Wildman–Crippen MR) is 92.1 cm³/mol. The molecule has 2 aromatic carbocycles. The van der Waals surface area contributed by atoms with Crippen molar-refractivity contribution < 1.29 is 5.11 Å². The molecule has 3 rings (SSSR count). The van der Waals surface area contributed by atoms with Gasteiger partial charge in [-0.05, 0) is 48.5 Å². The van der Waals surface area contributed by atoms with Crippen molar-refractivity contribution in [2.24, 2.45) is 0 Å². The lowest BCUT2D eigenvalue weighted by Gasteiger charge is -2.35. The second-order valence-corrected chi connectivity index (χ2v) is 5.72. The van der Waals surface area contributed by atoms with Gasteiger partial charge in [0.25, 0.3) is 0 Å². The van der Waals surface area contributed by atoms with Gasteiger partial charge in [-0.3, -0.25) is 0 Å². The SMILES string of the molecule is Cc1cc(N2CCN(C=Cc3ccccc3)CC2)ccc1O. The maximum absolute atomic E-state index is 9.63. The van der Waals surface area contributed by atoms with Gasteiger partial charge in [0.15, 0.2) is 0 Å². The summed E-state index contributed by atoms with van der Waals surface area (Å²) in [5, 5.41) is 9.63. The van der Waals surface area contributed by atoms with Crippen molar-refractivity contribution in [3.63, 3.8) is 0 Å². The molecule has 0 radical (unpaired) electrons. The van der Waals surface area contributed by atoms with Crippen LogP contribution in [0.5, 0.6) is 5.75 Å². The molecule has 0 aliphatic carbocycles. The van der Waals surface area contributed by atoms with E-state index >= 15 is 0 Å². The zero-order valence-electron chi connectivity index (χ0n) is 12.9. The van der Waals surface area contributed by atoms with Gasteiger partial charge in [0, 0.05) is 31.9 Å². The zero-order valence-corrected chi connectivity index (χ0v) is 12.9. The number of rotatable bonds is 3. The van der Waals surface area contributed by atoms with Gasteiger partial charge in [-0.25, -0.2) is 0 Å². The number of nitrogens with zero attached hydrogens (tertiary/aromatic N) is 2. The molecule has 0 spiro atoms. The summed E-state index contributed by atoms with van der Waals surface area (Å²) in [6.07, 6.45) is 4.36. The lowest BCUT2D eigenvalue weighted by Crippen LogP contribution is -2.44. The van der Waals surface area contributed by atoms with Crippen molar-refractivity contribution in [1.29, 1.82) is 0 Å². The summed E-state index contributed by atoms with van der Waals surface area (Å²) in [6, 6.07) is 16.2. The number of hydrogen-bond acceptors (Lipinski definition) is 3. The first-order chi connectivity index (χ1) is 10.7. The number of piperazine rings is 1. The molecule has 0 saturated carbocycles. The molecule has 114 valence electrons. The zero-order chi connectivity index (χ0) is 15.4. The van der Waals surface area contributed by atoms with Gasteiger partial charge in [0.05, 0.1) is 0 Å². The lowest BCUT2D eigenvalue weighted by molar-refractivity contribution is 0.351. The Hall–Kier alpha value is -2.42. The fourth-order valence-electron chi connectivity index (χ4n) is 2.72. The van der Waals surface area contributed by atoms with Gasteiger partial charge in [-0.2, -0.15) is 0 Å². The molecule has 0 amide bonds. The molecular formula is C19H22N2O. The Kier molecular flexibility index (Phi) is 4.33. The number of anilines is 1. The van der Waals surface area contributed by atoms with Gasteiger partial charge in [-0.1, -0.05) is 30.3 Å². The van der Waals surface area contributed by atoms with Crippen molar-refractivity contribution in [3.8, 4) is 5.75 Å². The number of phenolic OH excluding ortho intramolecular Hbond substituents is 1. The van der Waals surface area contributed by atoms with Gasteiger partial charge in [-0.15, -0.1) is 0 Å². The molecule has 1 aliphatic heterocycles. The highest BCUT2D eigenvalue weighted by atomic mass is 16.3. The molecular weight excluding hydrogens is 272 g/mol. The molecule has 3 nitrogen and oxygen atoms in total. The van der Waals surface area contributed by atoms with Gasteiger partial charge in [0.2, 0.25) is 0 Å². The number of phenols is 1. The van der Waals surface area contributed by atoms with Crippen LogP contribution in [0, 0.1) is 6.92 Å². The lowest BCUT2D eigenvalue weighted by atomic mass is 10.1. The van der Waals surface area contributed by atoms with E-state index in [1.54, 1.807) is 6.07 Å². The van der Waals surface area contributed by atoms with Gasteiger partial charge >= 0.3 is 0 Å². The molecule has 0 atom stereocenters. The fraction of sp³-hybridized carbons (Fsp3) is 0.263. The van der Waals surface area contributed by atoms with E-state index < -0.39 is 0 Å². The van der Waals surface area contributed by atoms with E-state index in [-0.39, 0.29) is 0 Å². The molecule has 1 saturated heterocycles. The quantitative estimate of drug-likeness (QED) is 0.938. The first-order valence-electron chi connectivity index (χ1n) is 7.74. The minimum atomic E-state index is 0.369. The summed E-state index contributed by atoms with van der Waals surface area (Å²) >= 11 is 0. The van der Waals surface area contributed by atoms with E-state index in [9.17, 15) is 5.11 Å². The van der Waals surface area contributed by atoms with Gasteiger partial charge < -0.3 is 14.9 Å². The van der Waals surface area contributed by atoms with Crippen molar-refractivity contribution in [1.82, 2.24) is 4.90 Å². The highest BCUT2D eigenvalue weighted by molar-refractivity contribution is 5.53. The third-order valence-electron chi connectivity index (χ3n) is 4.14. The Bertz CT molecular complexity index is 644. The molecule has 3 heteroatoms. The number of aromatic hydroxyl groups is 1.